The van der Waals surface area contributed by atoms with Gasteiger partial charge in [0.2, 0.25) is 11.6 Å². The maximum absolute atomic E-state index is 12.0. The van der Waals surface area contributed by atoms with Crippen LogP contribution in [0.15, 0.2) is 24.5 Å². The second-order valence-electron chi connectivity index (χ2n) is 7.10. The molecule has 0 amide bonds. The van der Waals surface area contributed by atoms with E-state index in [1.165, 1.54) is 38.7 Å². The first-order valence-corrected chi connectivity index (χ1v) is 9.70. The fraction of sp³-hybridized carbons (Fsp3) is 0.400. The van der Waals surface area contributed by atoms with Crippen LogP contribution >= 0.6 is 0 Å². The summed E-state index contributed by atoms with van der Waals surface area (Å²) in [5, 5.41) is 14.8. The van der Waals surface area contributed by atoms with Crippen LogP contribution in [-0.2, 0) is 9.47 Å². The minimum Gasteiger partial charge on any atom is -0.465 e. The van der Waals surface area contributed by atoms with E-state index in [1.807, 2.05) is 11.8 Å². The molecule has 1 aliphatic heterocycles. The van der Waals surface area contributed by atoms with E-state index in [0.717, 1.165) is 19.3 Å². The maximum Gasteiger partial charge on any atom is 0.353 e. The second kappa shape index (κ2) is 9.37. The van der Waals surface area contributed by atoms with Crippen LogP contribution in [-0.4, -0.2) is 53.6 Å². The first-order valence-electron chi connectivity index (χ1n) is 9.70. The topological polar surface area (TPSA) is 137 Å². The van der Waals surface area contributed by atoms with Crippen LogP contribution in [0.25, 0.3) is 0 Å². The van der Waals surface area contributed by atoms with E-state index in [4.69, 9.17) is 9.47 Å². The van der Waals surface area contributed by atoms with Crippen molar-refractivity contribution in [1.82, 2.24) is 9.97 Å². The van der Waals surface area contributed by atoms with Gasteiger partial charge in [-0.15, -0.1) is 0 Å². The number of esters is 2. The number of nitro groups is 1. The highest BCUT2D eigenvalue weighted by molar-refractivity contribution is 5.97. The molecular formula is C20H23N5O6. The number of nitrogens with one attached hydrogen (secondary N) is 1. The van der Waals surface area contributed by atoms with E-state index < -0.39 is 16.9 Å². The number of methoxy groups -OCH3 is 2. The van der Waals surface area contributed by atoms with Crippen molar-refractivity contribution in [3.63, 3.8) is 0 Å². The molecule has 1 N–H and O–H groups in total. The van der Waals surface area contributed by atoms with Gasteiger partial charge in [-0.3, -0.25) is 10.1 Å². The Balaban J connectivity index is 2.06. The molecule has 1 atom stereocenters. The van der Waals surface area contributed by atoms with Crippen LogP contribution in [0, 0.1) is 10.1 Å². The Kier molecular flexibility index (Phi) is 6.63. The maximum atomic E-state index is 12.0. The molecule has 164 valence electrons. The van der Waals surface area contributed by atoms with Crippen molar-refractivity contribution in [2.24, 2.45) is 0 Å². The van der Waals surface area contributed by atoms with Crippen molar-refractivity contribution in [2.45, 2.75) is 32.2 Å². The molecule has 2 heterocycles. The van der Waals surface area contributed by atoms with Crippen molar-refractivity contribution in [2.75, 3.05) is 31.0 Å². The summed E-state index contributed by atoms with van der Waals surface area (Å²) in [6.07, 6.45) is 4.13. The molecule has 3 rings (SSSR count). The van der Waals surface area contributed by atoms with E-state index in [1.54, 1.807) is 0 Å². The summed E-state index contributed by atoms with van der Waals surface area (Å²) < 4.78 is 9.45. The Hall–Kier alpha value is -3.76. The summed E-state index contributed by atoms with van der Waals surface area (Å²) in [5.74, 6) is -1.17. The lowest BCUT2D eigenvalue weighted by Crippen LogP contribution is -2.38. The highest BCUT2D eigenvalue weighted by Gasteiger charge is 2.31. The molecule has 1 aromatic carbocycles. The lowest BCUT2D eigenvalue weighted by molar-refractivity contribution is -0.383. The summed E-state index contributed by atoms with van der Waals surface area (Å²) in [6.45, 7) is 2.66. The van der Waals surface area contributed by atoms with Gasteiger partial charge in [0.1, 0.15) is 6.33 Å². The minimum absolute atomic E-state index is 0.0504. The van der Waals surface area contributed by atoms with E-state index in [-0.39, 0.29) is 40.2 Å². The number of hydrogen-bond donors (Lipinski definition) is 1. The molecule has 1 fully saturated rings. The molecule has 0 radical (unpaired) electrons. The first-order chi connectivity index (χ1) is 14.8. The van der Waals surface area contributed by atoms with Crippen molar-refractivity contribution in [1.29, 1.82) is 0 Å². The van der Waals surface area contributed by atoms with Crippen molar-refractivity contribution in [3.8, 4) is 0 Å². The van der Waals surface area contributed by atoms with E-state index in [2.05, 4.69) is 15.3 Å². The normalized spacial score (nSPS) is 15.8. The standard InChI is InChI=1S/C20H23N5O6/c1-12-6-4-5-7-24(12)18-16(25(28)29)17(21-11-22-18)23-15-9-13(19(26)30-2)8-14(10-15)20(27)31-3/h8-12H,4-7H2,1-3H3,(H,21,22,23). The molecule has 11 heteroatoms. The minimum atomic E-state index is -0.672. The van der Waals surface area contributed by atoms with E-state index in [9.17, 15) is 19.7 Å². The second-order valence-corrected chi connectivity index (χ2v) is 7.10. The van der Waals surface area contributed by atoms with Gasteiger partial charge in [-0.05, 0) is 44.4 Å². The number of ether oxygens (including phenoxy) is 2. The van der Waals surface area contributed by atoms with Crippen LogP contribution in [0.4, 0.5) is 23.0 Å². The summed E-state index contributed by atoms with van der Waals surface area (Å²) in [7, 11) is 2.42. The van der Waals surface area contributed by atoms with Crippen molar-refractivity contribution in [3.05, 3.63) is 45.8 Å². The predicted octanol–water partition coefficient (Wildman–Crippen LogP) is 3.08. The Morgan fingerprint density at radius 1 is 1.13 bits per heavy atom. The Labute approximate surface area is 178 Å². The van der Waals surface area contributed by atoms with Gasteiger partial charge in [-0.2, -0.15) is 0 Å². The quantitative estimate of drug-likeness (QED) is 0.414. The first kappa shape index (κ1) is 21.9. The van der Waals surface area contributed by atoms with Crippen LogP contribution in [0.1, 0.15) is 46.9 Å². The van der Waals surface area contributed by atoms with Gasteiger partial charge < -0.3 is 19.7 Å². The van der Waals surface area contributed by atoms with Gasteiger partial charge >= 0.3 is 17.6 Å². The largest absolute Gasteiger partial charge is 0.465 e. The highest BCUT2D eigenvalue weighted by Crippen LogP contribution is 2.36. The smallest absolute Gasteiger partial charge is 0.353 e. The average Bonchev–Trinajstić information content (AvgIpc) is 2.77. The molecule has 0 bridgehead atoms. The highest BCUT2D eigenvalue weighted by atomic mass is 16.6. The average molecular weight is 429 g/mol. The number of nitrogens with zero attached hydrogens (tertiary/aromatic N) is 4. The number of carbonyl (C=O) groups excluding carboxylic acids is 2. The predicted molar refractivity (Wildman–Crippen MR) is 112 cm³/mol. The zero-order valence-corrected chi connectivity index (χ0v) is 17.5. The Bertz CT molecular complexity index is 977. The SMILES string of the molecule is COC(=O)c1cc(Nc2ncnc(N3CCCCC3C)c2[N+](=O)[O-])cc(C(=O)OC)c1. The monoisotopic (exact) mass is 429 g/mol. The lowest BCUT2D eigenvalue weighted by Gasteiger charge is -2.33. The van der Waals surface area contributed by atoms with Crippen LogP contribution in [0.3, 0.4) is 0 Å². The Morgan fingerprint density at radius 2 is 1.77 bits per heavy atom. The van der Waals surface area contributed by atoms with Gasteiger partial charge in [0.25, 0.3) is 0 Å². The fourth-order valence-electron chi connectivity index (χ4n) is 3.56. The number of carbonyl (C=O) groups is 2. The summed E-state index contributed by atoms with van der Waals surface area (Å²) >= 11 is 0. The van der Waals surface area contributed by atoms with Gasteiger partial charge in [0.05, 0.1) is 30.3 Å². The molecule has 0 saturated carbocycles. The summed E-state index contributed by atoms with van der Waals surface area (Å²) in [5.41, 5.74) is 0.117. The molecule has 1 saturated heterocycles. The summed E-state index contributed by atoms with van der Waals surface area (Å²) in [4.78, 5) is 45.5. The number of rotatable bonds is 6. The molecule has 0 spiro atoms. The third-order valence-corrected chi connectivity index (χ3v) is 5.10. The molecule has 1 aromatic heterocycles. The molecule has 11 nitrogen and oxygen atoms in total. The number of aromatic nitrogens is 2. The lowest BCUT2D eigenvalue weighted by atomic mass is 10.0. The van der Waals surface area contributed by atoms with Crippen molar-refractivity contribution < 1.29 is 24.0 Å². The third kappa shape index (κ3) is 4.71. The number of piperidine rings is 1. The summed E-state index contributed by atoms with van der Waals surface area (Å²) in [6, 6.07) is 4.24. The number of hydrogen-bond acceptors (Lipinski definition) is 10. The third-order valence-electron chi connectivity index (χ3n) is 5.10. The van der Waals surface area contributed by atoms with Crippen LogP contribution < -0.4 is 10.2 Å². The van der Waals surface area contributed by atoms with Gasteiger partial charge in [-0.1, -0.05) is 0 Å². The van der Waals surface area contributed by atoms with Gasteiger partial charge in [-0.25, -0.2) is 19.6 Å². The van der Waals surface area contributed by atoms with Gasteiger partial charge in [0, 0.05) is 18.3 Å². The Morgan fingerprint density at radius 3 is 2.32 bits per heavy atom. The molecule has 0 aliphatic carbocycles. The molecule has 31 heavy (non-hydrogen) atoms. The number of anilines is 3. The zero-order chi connectivity index (χ0) is 22.5. The number of benzene rings is 1. The molecule has 1 unspecified atom stereocenters. The van der Waals surface area contributed by atoms with E-state index >= 15 is 0 Å². The fourth-order valence-corrected chi connectivity index (χ4v) is 3.56. The zero-order valence-electron chi connectivity index (χ0n) is 17.5. The molecule has 1 aliphatic rings. The van der Waals surface area contributed by atoms with E-state index in [0.29, 0.717) is 6.54 Å². The molecular weight excluding hydrogens is 406 g/mol. The van der Waals surface area contributed by atoms with Gasteiger partial charge in [0.15, 0.2) is 0 Å². The van der Waals surface area contributed by atoms with Crippen LogP contribution in [0.2, 0.25) is 0 Å². The van der Waals surface area contributed by atoms with Crippen LogP contribution in [0.5, 0.6) is 0 Å². The molecule has 2 aromatic rings. The van der Waals surface area contributed by atoms with Crippen molar-refractivity contribution >= 4 is 34.9 Å².